The first kappa shape index (κ1) is 13.1. The topological polar surface area (TPSA) is 62.3 Å². The molecule has 5 heteroatoms. The monoisotopic (exact) mass is 273 g/mol. The highest BCUT2D eigenvalue weighted by Gasteiger charge is 2.39. The molecule has 5 nitrogen and oxygen atoms in total. The average Bonchev–Trinajstić information content (AvgIpc) is 2.48. The van der Waals surface area contributed by atoms with Crippen LogP contribution in [-0.4, -0.2) is 40.3 Å². The van der Waals surface area contributed by atoms with Crippen LogP contribution in [0.4, 0.5) is 0 Å². The summed E-state index contributed by atoms with van der Waals surface area (Å²) in [6.07, 6.45) is 5.96. The Balaban J connectivity index is 1.64. The number of likely N-dealkylation sites (tertiary alicyclic amines) is 1. The van der Waals surface area contributed by atoms with Crippen molar-refractivity contribution in [2.45, 2.75) is 37.6 Å². The fourth-order valence-corrected chi connectivity index (χ4v) is 3.17. The maximum atomic E-state index is 12.3. The number of amides is 2. The Morgan fingerprint density at radius 1 is 1.25 bits per heavy atom. The molecule has 2 aliphatic heterocycles. The van der Waals surface area contributed by atoms with Gasteiger partial charge in [-0.3, -0.25) is 14.6 Å². The van der Waals surface area contributed by atoms with Crippen LogP contribution in [0.1, 0.15) is 42.6 Å². The zero-order valence-corrected chi connectivity index (χ0v) is 11.5. The number of hydrogen-bond acceptors (Lipinski definition) is 3. The Kier molecular flexibility index (Phi) is 3.42. The molecule has 0 bridgehead atoms. The highest BCUT2D eigenvalue weighted by atomic mass is 16.2. The van der Waals surface area contributed by atoms with Gasteiger partial charge in [0.05, 0.1) is 0 Å². The van der Waals surface area contributed by atoms with Gasteiger partial charge in [0.25, 0.3) is 5.91 Å². The molecular formula is C15H19N3O2. The van der Waals surface area contributed by atoms with Crippen molar-refractivity contribution in [3.63, 3.8) is 0 Å². The third-order valence-corrected chi connectivity index (χ3v) is 4.36. The summed E-state index contributed by atoms with van der Waals surface area (Å²) in [5, 5.41) is 3.14. The molecule has 1 aromatic heterocycles. The largest absolute Gasteiger partial charge is 0.351 e. The van der Waals surface area contributed by atoms with Gasteiger partial charge < -0.3 is 10.2 Å². The van der Waals surface area contributed by atoms with E-state index in [1.54, 1.807) is 18.3 Å². The Labute approximate surface area is 118 Å². The molecule has 0 radical (unpaired) electrons. The summed E-state index contributed by atoms with van der Waals surface area (Å²) in [6, 6.07) is 5.38. The molecule has 2 amide bonds. The smallest absolute Gasteiger partial charge is 0.272 e. The highest BCUT2D eigenvalue weighted by molar-refractivity contribution is 5.92. The van der Waals surface area contributed by atoms with Gasteiger partial charge in [0.2, 0.25) is 5.91 Å². The van der Waals surface area contributed by atoms with Gasteiger partial charge in [-0.05, 0) is 37.8 Å². The number of hydrogen-bond donors (Lipinski definition) is 1. The normalized spacial score (nSPS) is 21.6. The molecule has 1 aromatic rings. The van der Waals surface area contributed by atoms with Crippen LogP contribution in [0.15, 0.2) is 24.4 Å². The Morgan fingerprint density at radius 3 is 2.70 bits per heavy atom. The Hall–Kier alpha value is -1.91. The second-order valence-electron chi connectivity index (χ2n) is 5.69. The lowest BCUT2D eigenvalue weighted by atomic mass is 9.80. The molecule has 0 aliphatic carbocycles. The standard InChI is InChI=1S/C15H19N3O2/c19-13-5-3-6-15(17-13)7-10-18(11-8-15)14(20)12-4-1-2-9-16-12/h1-2,4,9H,3,5-8,10-11H2,(H,17,19). The summed E-state index contributed by atoms with van der Waals surface area (Å²) in [6.45, 7) is 1.38. The SMILES string of the molecule is O=C1CCCC2(CCN(C(=O)c3ccccn3)CC2)N1. The minimum absolute atomic E-state index is 0.0115. The number of carbonyl (C=O) groups excluding carboxylic acids is 2. The molecule has 2 fully saturated rings. The summed E-state index contributed by atoms with van der Waals surface area (Å²) >= 11 is 0. The number of rotatable bonds is 1. The third kappa shape index (κ3) is 2.53. The van der Waals surface area contributed by atoms with Crippen LogP contribution in [0.2, 0.25) is 0 Å². The van der Waals surface area contributed by atoms with Gasteiger partial charge in [-0.2, -0.15) is 0 Å². The molecule has 0 saturated carbocycles. The number of pyridine rings is 1. The van der Waals surface area contributed by atoms with Gasteiger partial charge in [-0.1, -0.05) is 6.07 Å². The molecule has 2 aliphatic rings. The zero-order valence-electron chi connectivity index (χ0n) is 11.5. The van der Waals surface area contributed by atoms with Gasteiger partial charge >= 0.3 is 0 Å². The molecular weight excluding hydrogens is 254 g/mol. The lowest BCUT2D eigenvalue weighted by Crippen LogP contribution is -2.58. The summed E-state index contributed by atoms with van der Waals surface area (Å²) in [5.41, 5.74) is 0.423. The van der Waals surface area contributed by atoms with Crippen molar-refractivity contribution in [3.8, 4) is 0 Å². The van der Waals surface area contributed by atoms with E-state index in [-0.39, 0.29) is 17.4 Å². The zero-order chi connectivity index (χ0) is 14.0. The van der Waals surface area contributed by atoms with Gasteiger partial charge in [0.1, 0.15) is 5.69 Å². The lowest BCUT2D eigenvalue weighted by Gasteiger charge is -2.44. The first-order chi connectivity index (χ1) is 9.69. The van der Waals surface area contributed by atoms with Crippen molar-refractivity contribution in [2.75, 3.05) is 13.1 Å². The number of piperidine rings is 2. The van der Waals surface area contributed by atoms with E-state index in [1.165, 1.54) is 0 Å². The summed E-state index contributed by atoms with van der Waals surface area (Å²) in [7, 11) is 0. The van der Waals surface area contributed by atoms with E-state index in [2.05, 4.69) is 10.3 Å². The van der Waals surface area contributed by atoms with Gasteiger partial charge in [0, 0.05) is 31.2 Å². The van der Waals surface area contributed by atoms with Crippen molar-refractivity contribution in [2.24, 2.45) is 0 Å². The van der Waals surface area contributed by atoms with Gasteiger partial charge in [-0.15, -0.1) is 0 Å². The van der Waals surface area contributed by atoms with Crippen molar-refractivity contribution in [1.29, 1.82) is 0 Å². The summed E-state index contributed by atoms with van der Waals surface area (Å²) in [4.78, 5) is 29.8. The first-order valence-electron chi connectivity index (χ1n) is 7.20. The number of aromatic nitrogens is 1. The van der Waals surface area contributed by atoms with E-state index >= 15 is 0 Å². The Morgan fingerprint density at radius 2 is 2.05 bits per heavy atom. The molecule has 0 atom stereocenters. The second-order valence-corrected chi connectivity index (χ2v) is 5.69. The van der Waals surface area contributed by atoms with Crippen molar-refractivity contribution < 1.29 is 9.59 Å². The fraction of sp³-hybridized carbons (Fsp3) is 0.533. The molecule has 2 saturated heterocycles. The molecule has 3 heterocycles. The van der Waals surface area contributed by atoms with Crippen LogP contribution in [0.25, 0.3) is 0 Å². The van der Waals surface area contributed by atoms with E-state index in [4.69, 9.17) is 0 Å². The molecule has 0 aromatic carbocycles. The lowest BCUT2D eigenvalue weighted by molar-refractivity contribution is -0.125. The molecule has 106 valence electrons. The minimum Gasteiger partial charge on any atom is -0.351 e. The summed E-state index contributed by atoms with van der Waals surface area (Å²) in [5.74, 6) is 0.142. The predicted molar refractivity (Wildman–Crippen MR) is 74.1 cm³/mol. The van der Waals surface area contributed by atoms with Crippen LogP contribution in [0.5, 0.6) is 0 Å². The number of carbonyl (C=O) groups is 2. The molecule has 20 heavy (non-hydrogen) atoms. The van der Waals surface area contributed by atoms with E-state index in [1.807, 2.05) is 11.0 Å². The van der Waals surface area contributed by atoms with Crippen LogP contribution in [0.3, 0.4) is 0 Å². The van der Waals surface area contributed by atoms with Crippen LogP contribution < -0.4 is 5.32 Å². The van der Waals surface area contributed by atoms with Crippen molar-refractivity contribution in [1.82, 2.24) is 15.2 Å². The van der Waals surface area contributed by atoms with Crippen LogP contribution >= 0.6 is 0 Å². The maximum absolute atomic E-state index is 12.3. The molecule has 1 spiro atoms. The second kappa shape index (κ2) is 5.23. The molecule has 0 unspecified atom stereocenters. The summed E-state index contributed by atoms with van der Waals surface area (Å²) < 4.78 is 0. The van der Waals surface area contributed by atoms with E-state index < -0.39 is 0 Å². The van der Waals surface area contributed by atoms with Gasteiger partial charge in [-0.25, -0.2) is 0 Å². The number of nitrogens with zero attached hydrogens (tertiary/aromatic N) is 2. The third-order valence-electron chi connectivity index (χ3n) is 4.36. The fourth-order valence-electron chi connectivity index (χ4n) is 3.17. The van der Waals surface area contributed by atoms with Crippen molar-refractivity contribution >= 4 is 11.8 Å². The van der Waals surface area contributed by atoms with E-state index in [9.17, 15) is 9.59 Å². The maximum Gasteiger partial charge on any atom is 0.272 e. The van der Waals surface area contributed by atoms with E-state index in [0.29, 0.717) is 25.2 Å². The minimum atomic E-state index is -0.0732. The van der Waals surface area contributed by atoms with Crippen LogP contribution in [-0.2, 0) is 4.79 Å². The average molecular weight is 273 g/mol. The van der Waals surface area contributed by atoms with Crippen LogP contribution in [0, 0.1) is 0 Å². The van der Waals surface area contributed by atoms with Crippen molar-refractivity contribution in [3.05, 3.63) is 30.1 Å². The highest BCUT2D eigenvalue weighted by Crippen LogP contribution is 2.31. The molecule has 3 rings (SSSR count). The van der Waals surface area contributed by atoms with Gasteiger partial charge in [0.15, 0.2) is 0 Å². The Bertz CT molecular complexity index is 507. The predicted octanol–water partition coefficient (Wildman–Crippen LogP) is 1.36. The van der Waals surface area contributed by atoms with E-state index in [0.717, 1.165) is 25.7 Å². The molecule has 1 N–H and O–H groups in total. The number of nitrogens with one attached hydrogen (secondary N) is 1. The first-order valence-corrected chi connectivity index (χ1v) is 7.20. The quantitative estimate of drug-likeness (QED) is 0.840.